The molecule has 0 saturated carbocycles. The van der Waals surface area contributed by atoms with Crippen LogP contribution in [0.2, 0.25) is 0 Å². The number of carbonyl (C=O) groups is 1. The predicted octanol–water partition coefficient (Wildman–Crippen LogP) is 1.70. The van der Waals surface area contributed by atoms with Crippen molar-refractivity contribution in [3.8, 4) is 0 Å². The largest absolute Gasteiger partial charge is 0.381 e. The summed E-state index contributed by atoms with van der Waals surface area (Å²) in [6.45, 7) is 4.82. The van der Waals surface area contributed by atoms with Gasteiger partial charge in [-0.2, -0.15) is 0 Å². The van der Waals surface area contributed by atoms with Crippen molar-refractivity contribution in [1.29, 1.82) is 0 Å². The number of anilines is 1. The van der Waals surface area contributed by atoms with E-state index < -0.39 is 11.5 Å². The van der Waals surface area contributed by atoms with Crippen LogP contribution in [-0.4, -0.2) is 16.6 Å². The van der Waals surface area contributed by atoms with Crippen LogP contribution in [-0.2, 0) is 4.79 Å². The minimum atomic E-state index is -1.34. The Morgan fingerprint density at radius 2 is 1.93 bits per heavy atom. The molecule has 3 heteroatoms. The van der Waals surface area contributed by atoms with Gasteiger partial charge in [-0.1, -0.05) is 18.2 Å². The van der Waals surface area contributed by atoms with Gasteiger partial charge in [-0.15, -0.1) is 0 Å². The number of para-hydroxylation sites is 1. The normalized spacial score (nSPS) is 11.1. The van der Waals surface area contributed by atoms with Gasteiger partial charge in [0.1, 0.15) is 5.60 Å². The third-order valence-corrected chi connectivity index (χ3v) is 1.95. The number of amides is 1. The maximum Gasteiger partial charge on any atom is 0.255 e. The molecule has 0 heterocycles. The molecule has 0 bridgehead atoms. The molecule has 1 rings (SSSR count). The quantitative estimate of drug-likeness (QED) is 0.751. The van der Waals surface area contributed by atoms with E-state index in [1.165, 1.54) is 13.8 Å². The van der Waals surface area contributed by atoms with E-state index in [-0.39, 0.29) is 0 Å². The van der Waals surface area contributed by atoms with Crippen LogP contribution in [0.15, 0.2) is 24.3 Å². The van der Waals surface area contributed by atoms with E-state index >= 15 is 0 Å². The fraction of sp³-hybridized carbons (Fsp3) is 0.364. The van der Waals surface area contributed by atoms with Crippen LogP contribution in [0, 0.1) is 6.92 Å². The minimum Gasteiger partial charge on any atom is -0.381 e. The van der Waals surface area contributed by atoms with Gasteiger partial charge in [-0.25, -0.2) is 0 Å². The highest BCUT2D eigenvalue weighted by atomic mass is 16.3. The maximum absolute atomic E-state index is 11.4. The SMILES string of the molecule is Cc1ccccc1NC(=O)C(C)(C)O. The van der Waals surface area contributed by atoms with E-state index in [9.17, 15) is 9.90 Å². The molecule has 0 radical (unpaired) electrons. The molecule has 14 heavy (non-hydrogen) atoms. The van der Waals surface area contributed by atoms with Gasteiger partial charge in [-0.05, 0) is 32.4 Å². The monoisotopic (exact) mass is 193 g/mol. The van der Waals surface area contributed by atoms with E-state index in [2.05, 4.69) is 5.32 Å². The van der Waals surface area contributed by atoms with Crippen molar-refractivity contribution in [2.75, 3.05) is 5.32 Å². The third kappa shape index (κ3) is 2.57. The van der Waals surface area contributed by atoms with Gasteiger partial charge in [0.15, 0.2) is 0 Å². The Morgan fingerprint density at radius 1 is 1.36 bits per heavy atom. The van der Waals surface area contributed by atoms with E-state index in [1.807, 2.05) is 25.1 Å². The van der Waals surface area contributed by atoms with Crippen LogP contribution >= 0.6 is 0 Å². The molecule has 0 aliphatic carbocycles. The van der Waals surface area contributed by atoms with E-state index in [0.29, 0.717) is 0 Å². The van der Waals surface area contributed by atoms with Crippen molar-refractivity contribution < 1.29 is 9.90 Å². The van der Waals surface area contributed by atoms with Crippen molar-refractivity contribution in [1.82, 2.24) is 0 Å². The highest BCUT2D eigenvalue weighted by molar-refractivity contribution is 5.96. The smallest absolute Gasteiger partial charge is 0.255 e. The first kappa shape index (κ1) is 10.7. The Labute approximate surface area is 83.8 Å². The minimum absolute atomic E-state index is 0.396. The fourth-order valence-electron chi connectivity index (χ4n) is 0.988. The molecular weight excluding hydrogens is 178 g/mol. The van der Waals surface area contributed by atoms with E-state index in [4.69, 9.17) is 0 Å². The number of carbonyl (C=O) groups excluding carboxylic acids is 1. The van der Waals surface area contributed by atoms with Crippen molar-refractivity contribution in [2.24, 2.45) is 0 Å². The molecule has 1 aromatic rings. The summed E-state index contributed by atoms with van der Waals surface area (Å²) in [6.07, 6.45) is 0. The van der Waals surface area contributed by atoms with E-state index in [1.54, 1.807) is 6.07 Å². The van der Waals surface area contributed by atoms with Crippen molar-refractivity contribution in [2.45, 2.75) is 26.4 Å². The molecule has 0 saturated heterocycles. The first-order chi connectivity index (χ1) is 6.41. The maximum atomic E-state index is 11.4. The number of rotatable bonds is 2. The Bertz CT molecular complexity index is 339. The summed E-state index contributed by atoms with van der Waals surface area (Å²) >= 11 is 0. The van der Waals surface area contributed by atoms with Crippen LogP contribution in [0.25, 0.3) is 0 Å². The lowest BCUT2D eigenvalue weighted by atomic mass is 10.1. The van der Waals surface area contributed by atoms with E-state index in [0.717, 1.165) is 11.3 Å². The molecule has 76 valence electrons. The molecule has 0 aliphatic rings. The zero-order chi connectivity index (χ0) is 10.8. The van der Waals surface area contributed by atoms with Crippen molar-refractivity contribution >= 4 is 11.6 Å². The number of benzene rings is 1. The highest BCUT2D eigenvalue weighted by Crippen LogP contribution is 2.15. The molecule has 2 N–H and O–H groups in total. The number of hydrogen-bond donors (Lipinski definition) is 2. The average molecular weight is 193 g/mol. The van der Waals surface area contributed by atoms with Gasteiger partial charge in [0.2, 0.25) is 0 Å². The number of aliphatic hydroxyl groups is 1. The summed E-state index contributed by atoms with van der Waals surface area (Å²) in [5.74, 6) is -0.396. The molecule has 0 spiro atoms. The number of nitrogens with one attached hydrogen (secondary N) is 1. The summed E-state index contributed by atoms with van der Waals surface area (Å²) in [5, 5.41) is 12.1. The van der Waals surface area contributed by atoms with Crippen molar-refractivity contribution in [3.05, 3.63) is 29.8 Å². The average Bonchev–Trinajstić information content (AvgIpc) is 2.07. The second-order valence-corrected chi connectivity index (χ2v) is 3.83. The Morgan fingerprint density at radius 3 is 2.43 bits per heavy atom. The van der Waals surface area contributed by atoms with Crippen LogP contribution in [0.3, 0.4) is 0 Å². The van der Waals surface area contributed by atoms with Gasteiger partial charge in [-0.3, -0.25) is 4.79 Å². The van der Waals surface area contributed by atoms with Crippen LogP contribution < -0.4 is 5.32 Å². The van der Waals surface area contributed by atoms with Gasteiger partial charge < -0.3 is 10.4 Å². The second kappa shape index (κ2) is 3.80. The summed E-state index contributed by atoms with van der Waals surface area (Å²) < 4.78 is 0. The summed E-state index contributed by atoms with van der Waals surface area (Å²) in [5.41, 5.74) is 0.368. The molecule has 1 amide bonds. The molecule has 0 unspecified atom stereocenters. The fourth-order valence-corrected chi connectivity index (χ4v) is 0.988. The summed E-state index contributed by atoms with van der Waals surface area (Å²) in [4.78, 5) is 11.4. The van der Waals surface area contributed by atoms with Gasteiger partial charge in [0.25, 0.3) is 5.91 Å². The first-order valence-corrected chi connectivity index (χ1v) is 4.51. The third-order valence-electron chi connectivity index (χ3n) is 1.95. The van der Waals surface area contributed by atoms with Gasteiger partial charge in [0, 0.05) is 5.69 Å². The molecule has 3 nitrogen and oxygen atoms in total. The molecule has 0 aromatic heterocycles. The molecule has 0 aliphatic heterocycles. The summed E-state index contributed by atoms with van der Waals surface area (Å²) in [7, 11) is 0. The van der Waals surface area contributed by atoms with Crippen LogP contribution in [0.5, 0.6) is 0 Å². The molecule has 0 fully saturated rings. The lowest BCUT2D eigenvalue weighted by molar-refractivity contribution is -0.130. The Kier molecular flexibility index (Phi) is 2.91. The Hall–Kier alpha value is -1.35. The van der Waals surface area contributed by atoms with Crippen LogP contribution in [0.1, 0.15) is 19.4 Å². The zero-order valence-corrected chi connectivity index (χ0v) is 8.66. The zero-order valence-electron chi connectivity index (χ0n) is 8.66. The lowest BCUT2D eigenvalue weighted by Crippen LogP contribution is -2.36. The van der Waals surface area contributed by atoms with Gasteiger partial charge in [0.05, 0.1) is 0 Å². The van der Waals surface area contributed by atoms with Crippen molar-refractivity contribution in [3.63, 3.8) is 0 Å². The highest BCUT2D eigenvalue weighted by Gasteiger charge is 2.23. The molecule has 1 aromatic carbocycles. The van der Waals surface area contributed by atoms with Crippen LogP contribution in [0.4, 0.5) is 5.69 Å². The molecule has 0 atom stereocenters. The predicted molar refractivity (Wildman–Crippen MR) is 56.1 cm³/mol. The standard InChI is InChI=1S/C11H15NO2/c1-8-6-4-5-7-9(8)12-10(13)11(2,3)14/h4-7,14H,1-3H3,(H,12,13). The number of hydrogen-bond acceptors (Lipinski definition) is 2. The first-order valence-electron chi connectivity index (χ1n) is 4.51. The Balaban J connectivity index is 2.80. The second-order valence-electron chi connectivity index (χ2n) is 3.83. The number of aryl methyl sites for hydroxylation is 1. The molecular formula is C11H15NO2. The summed E-state index contributed by atoms with van der Waals surface area (Å²) in [6, 6.07) is 7.45. The lowest BCUT2D eigenvalue weighted by Gasteiger charge is -2.17. The van der Waals surface area contributed by atoms with Gasteiger partial charge >= 0.3 is 0 Å². The topological polar surface area (TPSA) is 49.3 Å².